The minimum absolute atomic E-state index is 0.302. The van der Waals surface area contributed by atoms with Crippen LogP contribution in [0.5, 0.6) is 0 Å². The Morgan fingerprint density at radius 3 is 2.39 bits per heavy atom. The molecule has 0 unspecified atom stereocenters. The van der Waals surface area contributed by atoms with Crippen LogP contribution < -0.4 is 9.62 Å². The average molecular weight is 441 g/mol. The fourth-order valence-electron chi connectivity index (χ4n) is 3.50. The molecule has 0 saturated heterocycles. The van der Waals surface area contributed by atoms with Crippen LogP contribution in [-0.4, -0.2) is 36.2 Å². The topological polar surface area (TPSA) is 84.3 Å². The summed E-state index contributed by atoms with van der Waals surface area (Å²) in [5, 5.41) is 2.86. The molecule has 8 heteroatoms. The van der Waals surface area contributed by atoms with Crippen molar-refractivity contribution in [3.63, 3.8) is 0 Å². The van der Waals surface area contributed by atoms with Gasteiger partial charge >= 0.3 is 0 Å². The van der Waals surface area contributed by atoms with Crippen LogP contribution in [0, 0.1) is 20.8 Å². The minimum atomic E-state index is -3.66. The number of sulfonamides is 1. The number of anilines is 1. The normalized spacial score (nSPS) is 12.4. The van der Waals surface area contributed by atoms with Gasteiger partial charge in [-0.05, 0) is 62.6 Å². The molecule has 2 aromatic carbocycles. The lowest BCUT2D eigenvalue weighted by atomic mass is 10.1. The first kappa shape index (κ1) is 22.6. The molecule has 0 aliphatic heterocycles. The lowest BCUT2D eigenvalue weighted by Gasteiger charge is -2.29. The first-order valence-electron chi connectivity index (χ1n) is 10.0. The molecule has 0 saturated carbocycles. The molecule has 0 spiro atoms. The summed E-state index contributed by atoms with van der Waals surface area (Å²) in [6, 6.07) is 12.4. The molecule has 3 rings (SSSR count). The van der Waals surface area contributed by atoms with Gasteiger partial charge in [-0.1, -0.05) is 24.3 Å². The zero-order chi connectivity index (χ0) is 22.8. The van der Waals surface area contributed by atoms with E-state index in [-0.39, 0.29) is 5.91 Å². The second kappa shape index (κ2) is 8.93. The van der Waals surface area contributed by atoms with Crippen LogP contribution in [0.2, 0.25) is 0 Å². The molecule has 0 radical (unpaired) electrons. The van der Waals surface area contributed by atoms with E-state index in [2.05, 4.69) is 10.3 Å². The van der Waals surface area contributed by atoms with Crippen LogP contribution in [0.15, 0.2) is 54.9 Å². The number of hydrogen-bond donors (Lipinski definition) is 1. The molecule has 0 fully saturated rings. The molecule has 1 atom stereocenters. The summed E-state index contributed by atoms with van der Waals surface area (Å²) >= 11 is 0. The van der Waals surface area contributed by atoms with Gasteiger partial charge in [-0.3, -0.25) is 9.10 Å². The van der Waals surface area contributed by atoms with E-state index in [0.29, 0.717) is 12.2 Å². The van der Waals surface area contributed by atoms with Gasteiger partial charge in [-0.25, -0.2) is 13.4 Å². The van der Waals surface area contributed by atoms with E-state index in [1.165, 1.54) is 4.31 Å². The Bertz CT molecular complexity index is 1180. The molecule has 1 amide bonds. The zero-order valence-electron chi connectivity index (χ0n) is 18.5. The predicted octanol–water partition coefficient (Wildman–Crippen LogP) is 3.27. The molecule has 0 aliphatic rings. The van der Waals surface area contributed by atoms with E-state index in [1.807, 2.05) is 67.9 Å². The monoisotopic (exact) mass is 440 g/mol. The number of hydrogen-bond acceptors (Lipinski definition) is 4. The molecular weight excluding hydrogens is 412 g/mol. The zero-order valence-corrected chi connectivity index (χ0v) is 19.3. The summed E-state index contributed by atoms with van der Waals surface area (Å²) in [7, 11) is -3.66. The van der Waals surface area contributed by atoms with Crippen molar-refractivity contribution in [2.45, 2.75) is 40.3 Å². The number of carbonyl (C=O) groups is 1. The van der Waals surface area contributed by atoms with Gasteiger partial charge in [0, 0.05) is 24.6 Å². The van der Waals surface area contributed by atoms with Crippen LogP contribution in [0.3, 0.4) is 0 Å². The second-order valence-corrected chi connectivity index (χ2v) is 9.61. The number of carbonyl (C=O) groups excluding carboxylic acids is 1. The highest BCUT2D eigenvalue weighted by molar-refractivity contribution is 7.92. The van der Waals surface area contributed by atoms with Crippen LogP contribution in [0.4, 0.5) is 5.69 Å². The second-order valence-electron chi connectivity index (χ2n) is 7.75. The number of imidazole rings is 1. The van der Waals surface area contributed by atoms with Gasteiger partial charge < -0.3 is 9.88 Å². The van der Waals surface area contributed by atoms with Gasteiger partial charge in [-0.2, -0.15) is 0 Å². The summed E-state index contributed by atoms with van der Waals surface area (Å²) in [5.74, 6) is 0.531. The van der Waals surface area contributed by atoms with Crippen molar-refractivity contribution in [2.75, 3.05) is 10.6 Å². The summed E-state index contributed by atoms with van der Waals surface area (Å²) in [5.41, 5.74) is 4.14. The Balaban J connectivity index is 1.74. The maximum absolute atomic E-state index is 12.8. The Morgan fingerprint density at radius 1 is 1.13 bits per heavy atom. The largest absolute Gasteiger partial charge is 0.350 e. The van der Waals surface area contributed by atoms with Crippen LogP contribution >= 0.6 is 0 Å². The lowest BCUT2D eigenvalue weighted by molar-refractivity contribution is -0.122. The Kier molecular flexibility index (Phi) is 6.50. The minimum Gasteiger partial charge on any atom is -0.350 e. The summed E-state index contributed by atoms with van der Waals surface area (Å²) in [4.78, 5) is 17.1. The van der Waals surface area contributed by atoms with Crippen molar-refractivity contribution in [3.05, 3.63) is 77.4 Å². The fourth-order valence-corrected chi connectivity index (χ4v) is 4.72. The first-order valence-corrected chi connectivity index (χ1v) is 11.9. The van der Waals surface area contributed by atoms with Crippen molar-refractivity contribution >= 4 is 21.6 Å². The van der Waals surface area contributed by atoms with Gasteiger partial charge in [0.2, 0.25) is 15.9 Å². The van der Waals surface area contributed by atoms with Crippen molar-refractivity contribution in [1.29, 1.82) is 0 Å². The van der Waals surface area contributed by atoms with Gasteiger partial charge in [0.1, 0.15) is 11.9 Å². The number of benzene rings is 2. The van der Waals surface area contributed by atoms with Crippen molar-refractivity contribution in [3.8, 4) is 5.69 Å². The van der Waals surface area contributed by atoms with E-state index in [0.717, 1.165) is 34.5 Å². The third-order valence-electron chi connectivity index (χ3n) is 5.20. The van der Waals surface area contributed by atoms with Gasteiger partial charge in [0.15, 0.2) is 0 Å². The van der Waals surface area contributed by atoms with E-state index in [1.54, 1.807) is 19.2 Å². The van der Waals surface area contributed by atoms with Crippen molar-refractivity contribution < 1.29 is 13.2 Å². The third-order valence-corrected chi connectivity index (χ3v) is 6.43. The molecule has 7 nitrogen and oxygen atoms in total. The molecular formula is C23H28N4O3S. The van der Waals surface area contributed by atoms with Gasteiger partial charge in [0.25, 0.3) is 0 Å². The van der Waals surface area contributed by atoms with Crippen LogP contribution in [0.25, 0.3) is 5.69 Å². The number of aryl methyl sites for hydroxylation is 3. The van der Waals surface area contributed by atoms with Crippen LogP contribution in [-0.2, 0) is 21.4 Å². The summed E-state index contributed by atoms with van der Waals surface area (Å²) in [6.45, 7) is 7.56. The smallest absolute Gasteiger partial charge is 0.243 e. The van der Waals surface area contributed by atoms with Crippen LogP contribution in [0.1, 0.15) is 29.4 Å². The number of amides is 1. The maximum atomic E-state index is 12.8. The Hall–Kier alpha value is -3.13. The molecule has 1 N–H and O–H groups in total. The fraction of sp³-hybridized carbons (Fsp3) is 0.304. The maximum Gasteiger partial charge on any atom is 0.243 e. The molecule has 31 heavy (non-hydrogen) atoms. The SMILES string of the molecule is Cc1ccc(C)c(N([C@@H](C)C(=O)NCc2ccc(-n3ccnc3C)cc2)S(C)(=O)=O)c1. The van der Waals surface area contributed by atoms with Gasteiger partial charge in [0.05, 0.1) is 11.9 Å². The number of aromatic nitrogens is 2. The third kappa shape index (κ3) is 5.14. The molecule has 3 aromatic rings. The quantitative estimate of drug-likeness (QED) is 0.611. The van der Waals surface area contributed by atoms with Crippen molar-refractivity contribution in [2.24, 2.45) is 0 Å². The van der Waals surface area contributed by atoms with E-state index in [4.69, 9.17) is 0 Å². The first-order chi connectivity index (χ1) is 14.6. The number of nitrogens with one attached hydrogen (secondary N) is 1. The number of rotatable bonds is 7. The highest BCUT2D eigenvalue weighted by Crippen LogP contribution is 2.26. The van der Waals surface area contributed by atoms with Gasteiger partial charge in [-0.15, -0.1) is 0 Å². The average Bonchev–Trinajstić information content (AvgIpc) is 3.14. The molecule has 1 aromatic heterocycles. The molecule has 0 bridgehead atoms. The van der Waals surface area contributed by atoms with E-state index < -0.39 is 16.1 Å². The predicted molar refractivity (Wildman–Crippen MR) is 123 cm³/mol. The molecule has 164 valence electrons. The van der Waals surface area contributed by atoms with Crippen molar-refractivity contribution in [1.82, 2.24) is 14.9 Å². The lowest BCUT2D eigenvalue weighted by Crippen LogP contribution is -2.48. The van der Waals surface area contributed by atoms with E-state index in [9.17, 15) is 13.2 Å². The Labute approximate surface area is 183 Å². The molecule has 0 aliphatic carbocycles. The standard InChI is InChI=1S/C23H28N4O3S/c1-16-6-7-17(2)22(14-16)27(31(5,29)30)18(3)23(28)25-15-20-8-10-21(11-9-20)26-13-12-24-19(26)4/h6-14,18H,15H2,1-5H3,(H,25,28)/t18-/m0/s1. The highest BCUT2D eigenvalue weighted by atomic mass is 32.2. The Morgan fingerprint density at radius 2 is 1.81 bits per heavy atom. The molecule has 1 heterocycles. The van der Waals surface area contributed by atoms with E-state index >= 15 is 0 Å². The number of nitrogens with zero attached hydrogens (tertiary/aromatic N) is 3. The summed E-state index contributed by atoms with van der Waals surface area (Å²) in [6.07, 6.45) is 4.75. The summed E-state index contributed by atoms with van der Waals surface area (Å²) < 4.78 is 28.2. The highest BCUT2D eigenvalue weighted by Gasteiger charge is 2.30.